The minimum atomic E-state index is -5.72. The highest BCUT2D eigenvalue weighted by molar-refractivity contribution is 5.81. The van der Waals surface area contributed by atoms with Gasteiger partial charge in [0.1, 0.15) is 0 Å². The highest BCUT2D eigenvalue weighted by Gasteiger charge is 2.73. The summed E-state index contributed by atoms with van der Waals surface area (Å²) in [5.41, 5.74) is 8.24. The third-order valence-electron chi connectivity index (χ3n) is 3.78. The number of hydrogen-bond donors (Lipinski definition) is 3. The van der Waals surface area contributed by atoms with Gasteiger partial charge in [-0.15, -0.1) is 0 Å². The predicted octanol–water partition coefficient (Wildman–Crippen LogP) is 3.84. The highest BCUT2D eigenvalue weighted by atomic mass is 19.4. The Balaban J connectivity index is 3.00. The maximum Gasteiger partial charge on any atom is 0.411 e. The average molecular weight is 349 g/mol. The largest absolute Gasteiger partial charge is 0.411 e. The van der Waals surface area contributed by atoms with Crippen LogP contribution in [0.5, 0.6) is 0 Å². The van der Waals surface area contributed by atoms with Crippen molar-refractivity contribution in [1.29, 1.82) is 0 Å². The molecule has 0 bridgehead atoms. The Hall–Kier alpha value is -2.58. The number of nitrogen functional groups attached to an aromatic ring is 3. The molecule has 0 saturated carbocycles. The highest BCUT2D eigenvalue weighted by Crippen LogP contribution is 2.58. The minimum Gasteiger partial charge on any atom is -0.397 e. The molecule has 0 aliphatic rings. The number of rotatable bonds is 2. The van der Waals surface area contributed by atoms with E-state index in [4.69, 9.17) is 17.2 Å². The van der Waals surface area contributed by atoms with Crippen LogP contribution in [-0.4, -0.2) is 12.4 Å². The van der Waals surface area contributed by atoms with Crippen molar-refractivity contribution >= 4 is 17.1 Å². The van der Waals surface area contributed by atoms with Crippen molar-refractivity contribution in [1.82, 2.24) is 0 Å². The van der Waals surface area contributed by atoms with E-state index >= 15 is 0 Å². The number of alkyl halides is 6. The number of anilines is 3. The first kappa shape index (κ1) is 17.8. The van der Waals surface area contributed by atoms with Crippen molar-refractivity contribution in [2.24, 2.45) is 0 Å². The Morgan fingerprint density at radius 1 is 0.625 bits per heavy atom. The van der Waals surface area contributed by atoms with Gasteiger partial charge in [-0.2, -0.15) is 26.3 Å². The molecule has 130 valence electrons. The maximum atomic E-state index is 13.8. The van der Waals surface area contributed by atoms with Crippen LogP contribution in [0.15, 0.2) is 42.5 Å². The lowest BCUT2D eigenvalue weighted by Crippen LogP contribution is -2.55. The number of nitrogens with two attached hydrogens (primary N) is 3. The second-order valence-corrected chi connectivity index (χ2v) is 5.14. The molecule has 2 aromatic carbocycles. The summed E-state index contributed by atoms with van der Waals surface area (Å²) in [7, 11) is 0. The lowest BCUT2D eigenvalue weighted by molar-refractivity contribution is -0.288. The van der Waals surface area contributed by atoms with Crippen molar-refractivity contribution in [3.8, 4) is 0 Å². The summed E-state index contributed by atoms with van der Waals surface area (Å²) in [6.45, 7) is 0. The van der Waals surface area contributed by atoms with E-state index in [0.717, 1.165) is 30.3 Å². The Kier molecular flexibility index (Phi) is 4.07. The van der Waals surface area contributed by atoms with Gasteiger partial charge in [0.25, 0.3) is 0 Å². The molecule has 0 aliphatic carbocycles. The third kappa shape index (κ3) is 2.40. The van der Waals surface area contributed by atoms with Gasteiger partial charge in [0, 0.05) is 5.56 Å². The van der Waals surface area contributed by atoms with Gasteiger partial charge >= 0.3 is 12.4 Å². The summed E-state index contributed by atoms with van der Waals surface area (Å²) in [5.74, 6) is 0. The third-order valence-corrected chi connectivity index (χ3v) is 3.78. The molecule has 3 nitrogen and oxygen atoms in total. The van der Waals surface area contributed by atoms with Gasteiger partial charge in [0.15, 0.2) is 0 Å². The lowest BCUT2D eigenvalue weighted by Gasteiger charge is -2.39. The van der Waals surface area contributed by atoms with Crippen LogP contribution in [0.25, 0.3) is 0 Å². The Bertz CT molecular complexity index is 723. The van der Waals surface area contributed by atoms with Crippen LogP contribution in [0, 0.1) is 0 Å². The fraction of sp³-hybridized carbons (Fsp3) is 0.200. The second-order valence-electron chi connectivity index (χ2n) is 5.14. The molecule has 0 unspecified atom stereocenters. The SMILES string of the molecule is Nc1ccc(C(c2ccccc2)(C(F)(F)F)C(F)(F)F)c(N)c1N. The molecule has 0 amide bonds. The lowest BCUT2D eigenvalue weighted by atomic mass is 9.72. The number of benzene rings is 2. The molecule has 0 atom stereocenters. The van der Waals surface area contributed by atoms with Crippen LogP contribution in [-0.2, 0) is 5.41 Å². The first-order valence-electron chi connectivity index (χ1n) is 6.57. The quantitative estimate of drug-likeness (QED) is 0.569. The molecule has 9 heteroatoms. The normalized spacial score (nSPS) is 13.1. The molecule has 0 aromatic heterocycles. The van der Waals surface area contributed by atoms with Crippen LogP contribution >= 0.6 is 0 Å². The van der Waals surface area contributed by atoms with E-state index < -0.39 is 40.3 Å². The van der Waals surface area contributed by atoms with Gasteiger partial charge in [0.05, 0.1) is 17.1 Å². The Morgan fingerprint density at radius 3 is 1.58 bits per heavy atom. The fourth-order valence-electron chi connectivity index (χ4n) is 2.62. The smallest absolute Gasteiger partial charge is 0.397 e. The van der Waals surface area contributed by atoms with Crippen LogP contribution in [0.2, 0.25) is 0 Å². The molecule has 2 rings (SSSR count). The summed E-state index contributed by atoms with van der Waals surface area (Å²) in [4.78, 5) is 0. The molecule has 2 aromatic rings. The van der Waals surface area contributed by atoms with Gasteiger partial charge in [-0.25, -0.2) is 0 Å². The molecular formula is C15H13F6N3. The fourth-order valence-corrected chi connectivity index (χ4v) is 2.62. The van der Waals surface area contributed by atoms with Crippen LogP contribution in [0.4, 0.5) is 43.4 Å². The summed E-state index contributed by atoms with van der Waals surface area (Å²) in [6.07, 6.45) is -11.4. The summed E-state index contributed by atoms with van der Waals surface area (Å²) in [5, 5.41) is 0. The zero-order valence-corrected chi connectivity index (χ0v) is 12.0. The molecule has 0 radical (unpaired) electrons. The van der Waals surface area contributed by atoms with Gasteiger partial charge in [-0.3, -0.25) is 0 Å². The Labute approximate surface area is 133 Å². The average Bonchev–Trinajstić information content (AvgIpc) is 2.46. The van der Waals surface area contributed by atoms with E-state index in [-0.39, 0.29) is 5.69 Å². The summed E-state index contributed by atoms with van der Waals surface area (Å²) < 4.78 is 82.8. The molecule has 0 saturated heterocycles. The summed E-state index contributed by atoms with van der Waals surface area (Å²) >= 11 is 0. The van der Waals surface area contributed by atoms with Crippen molar-refractivity contribution in [3.63, 3.8) is 0 Å². The molecule has 0 spiro atoms. The van der Waals surface area contributed by atoms with E-state index in [9.17, 15) is 26.3 Å². The van der Waals surface area contributed by atoms with E-state index in [2.05, 4.69) is 0 Å². The number of hydrogen-bond acceptors (Lipinski definition) is 3. The van der Waals surface area contributed by atoms with Crippen LogP contribution < -0.4 is 17.2 Å². The van der Waals surface area contributed by atoms with Crippen molar-refractivity contribution in [2.45, 2.75) is 17.8 Å². The van der Waals surface area contributed by atoms with Crippen molar-refractivity contribution in [3.05, 3.63) is 53.6 Å². The van der Waals surface area contributed by atoms with Gasteiger partial charge < -0.3 is 17.2 Å². The van der Waals surface area contributed by atoms with Gasteiger partial charge in [-0.05, 0) is 11.6 Å². The van der Waals surface area contributed by atoms with Crippen molar-refractivity contribution < 1.29 is 26.3 Å². The monoisotopic (exact) mass is 349 g/mol. The van der Waals surface area contributed by atoms with E-state index in [1.54, 1.807) is 0 Å². The van der Waals surface area contributed by atoms with Gasteiger partial charge in [0.2, 0.25) is 5.41 Å². The summed E-state index contributed by atoms with van der Waals surface area (Å²) in [6, 6.07) is 6.43. The molecule has 24 heavy (non-hydrogen) atoms. The maximum absolute atomic E-state index is 13.8. The van der Waals surface area contributed by atoms with Gasteiger partial charge in [-0.1, -0.05) is 36.4 Å². The Morgan fingerprint density at radius 2 is 1.12 bits per heavy atom. The zero-order valence-electron chi connectivity index (χ0n) is 12.0. The molecular weight excluding hydrogens is 336 g/mol. The molecule has 6 N–H and O–H groups in total. The van der Waals surface area contributed by atoms with Crippen LogP contribution in [0.1, 0.15) is 11.1 Å². The first-order chi connectivity index (χ1) is 10.9. The van der Waals surface area contributed by atoms with E-state index in [1.807, 2.05) is 0 Å². The first-order valence-corrected chi connectivity index (χ1v) is 6.57. The van der Waals surface area contributed by atoms with Crippen LogP contribution in [0.3, 0.4) is 0 Å². The molecule has 0 heterocycles. The second kappa shape index (κ2) is 5.50. The standard InChI is InChI=1S/C15H13F6N3/c16-14(17,18)13(15(19,20)21,8-4-2-1-3-5-8)9-6-7-10(22)12(24)11(9)23/h1-7H,22-24H2. The van der Waals surface area contributed by atoms with Crippen molar-refractivity contribution in [2.75, 3.05) is 17.2 Å². The van der Waals surface area contributed by atoms with E-state index in [1.165, 1.54) is 6.07 Å². The predicted molar refractivity (Wildman–Crippen MR) is 79.0 cm³/mol. The van der Waals surface area contributed by atoms with E-state index in [0.29, 0.717) is 6.07 Å². The molecule has 0 aliphatic heterocycles. The molecule has 0 fully saturated rings. The zero-order chi connectivity index (χ0) is 18.3. The minimum absolute atomic E-state index is 0.206. The topological polar surface area (TPSA) is 78.1 Å². The number of halogens is 6.